The fourth-order valence-electron chi connectivity index (χ4n) is 3.14. The summed E-state index contributed by atoms with van der Waals surface area (Å²) >= 11 is 1.88. The smallest absolute Gasteiger partial charge is 0.276 e. The van der Waals surface area contributed by atoms with Crippen LogP contribution in [0.2, 0.25) is 0 Å². The second-order valence-electron chi connectivity index (χ2n) is 6.70. The first kappa shape index (κ1) is 18.1. The van der Waals surface area contributed by atoms with E-state index in [1.807, 2.05) is 34.9 Å². The highest BCUT2D eigenvalue weighted by Crippen LogP contribution is 2.32. The SMILES string of the molecule is CN(CCn1cc(C(=O)N2CCSCC2)nn1)Cc1ccc2c(c1)OCO2. The summed E-state index contributed by atoms with van der Waals surface area (Å²) in [4.78, 5) is 16.5. The lowest BCUT2D eigenvalue weighted by molar-refractivity contribution is 0.0766. The van der Waals surface area contributed by atoms with Crippen molar-refractivity contribution in [3.63, 3.8) is 0 Å². The first-order valence-corrected chi connectivity index (χ1v) is 10.2. The molecule has 1 saturated heterocycles. The van der Waals surface area contributed by atoms with Crippen LogP contribution in [-0.4, -0.2) is 75.7 Å². The van der Waals surface area contributed by atoms with Crippen LogP contribution in [0.1, 0.15) is 16.1 Å². The molecule has 4 rings (SSSR count). The number of hydrogen-bond donors (Lipinski definition) is 0. The Bertz CT molecular complexity index is 806. The van der Waals surface area contributed by atoms with E-state index in [9.17, 15) is 4.79 Å². The van der Waals surface area contributed by atoms with Gasteiger partial charge < -0.3 is 19.3 Å². The van der Waals surface area contributed by atoms with Gasteiger partial charge in [0.1, 0.15) is 0 Å². The third-order valence-electron chi connectivity index (χ3n) is 4.66. The lowest BCUT2D eigenvalue weighted by Crippen LogP contribution is -2.38. The van der Waals surface area contributed by atoms with Crippen molar-refractivity contribution in [3.05, 3.63) is 35.7 Å². The second kappa shape index (κ2) is 8.18. The van der Waals surface area contributed by atoms with Crippen molar-refractivity contribution < 1.29 is 14.3 Å². The molecule has 2 aliphatic heterocycles. The number of fused-ring (bicyclic) bond motifs is 1. The van der Waals surface area contributed by atoms with Gasteiger partial charge in [-0.25, -0.2) is 0 Å². The van der Waals surface area contributed by atoms with Gasteiger partial charge in [0.15, 0.2) is 17.2 Å². The number of ether oxygens (including phenoxy) is 2. The number of amides is 1. The van der Waals surface area contributed by atoms with Gasteiger partial charge in [0.05, 0.1) is 12.7 Å². The van der Waals surface area contributed by atoms with E-state index in [-0.39, 0.29) is 12.7 Å². The van der Waals surface area contributed by atoms with Crippen molar-refractivity contribution >= 4 is 17.7 Å². The number of carbonyl (C=O) groups excluding carboxylic acids is 1. The number of likely N-dealkylation sites (N-methyl/N-ethyl adjacent to an activating group) is 1. The lowest BCUT2D eigenvalue weighted by Gasteiger charge is -2.25. The Morgan fingerprint density at radius 1 is 1.26 bits per heavy atom. The zero-order valence-corrected chi connectivity index (χ0v) is 16.2. The predicted molar refractivity (Wildman–Crippen MR) is 102 cm³/mol. The Labute approximate surface area is 162 Å². The summed E-state index contributed by atoms with van der Waals surface area (Å²) in [6.07, 6.45) is 1.75. The quantitative estimate of drug-likeness (QED) is 0.738. The van der Waals surface area contributed by atoms with Gasteiger partial charge in [-0.1, -0.05) is 11.3 Å². The van der Waals surface area contributed by atoms with E-state index in [4.69, 9.17) is 9.47 Å². The monoisotopic (exact) mass is 389 g/mol. The van der Waals surface area contributed by atoms with Crippen LogP contribution in [0.25, 0.3) is 0 Å². The Balaban J connectivity index is 1.28. The molecule has 0 atom stereocenters. The van der Waals surface area contributed by atoms with Crippen LogP contribution in [0.3, 0.4) is 0 Å². The normalized spacial score (nSPS) is 16.1. The van der Waals surface area contributed by atoms with Crippen LogP contribution in [0.15, 0.2) is 24.4 Å². The molecule has 0 unspecified atom stereocenters. The van der Waals surface area contributed by atoms with Crippen molar-refractivity contribution in [1.29, 1.82) is 0 Å². The van der Waals surface area contributed by atoms with Gasteiger partial charge in [0, 0.05) is 37.7 Å². The molecule has 8 nitrogen and oxygen atoms in total. The standard InChI is InChI=1S/C18H23N5O3S/c1-21(11-14-2-3-16-17(10-14)26-13-25-16)4-5-23-12-15(19-20-23)18(24)22-6-8-27-9-7-22/h2-3,10,12H,4-9,11,13H2,1H3. The minimum Gasteiger partial charge on any atom is -0.454 e. The Kier molecular flexibility index (Phi) is 5.49. The summed E-state index contributed by atoms with van der Waals surface area (Å²) < 4.78 is 12.5. The van der Waals surface area contributed by atoms with Gasteiger partial charge in [-0.05, 0) is 24.7 Å². The van der Waals surface area contributed by atoms with Crippen molar-refractivity contribution in [2.24, 2.45) is 0 Å². The molecule has 0 saturated carbocycles. The summed E-state index contributed by atoms with van der Waals surface area (Å²) in [7, 11) is 2.05. The molecule has 144 valence electrons. The Hall–Kier alpha value is -2.26. The Morgan fingerprint density at radius 3 is 2.93 bits per heavy atom. The third-order valence-corrected chi connectivity index (χ3v) is 5.60. The molecule has 27 heavy (non-hydrogen) atoms. The molecule has 0 aliphatic carbocycles. The molecule has 1 fully saturated rings. The summed E-state index contributed by atoms with van der Waals surface area (Å²) in [6, 6.07) is 6.01. The van der Waals surface area contributed by atoms with Crippen LogP contribution in [0, 0.1) is 0 Å². The zero-order valence-electron chi connectivity index (χ0n) is 15.3. The van der Waals surface area contributed by atoms with Crippen LogP contribution >= 0.6 is 11.8 Å². The highest BCUT2D eigenvalue weighted by atomic mass is 32.2. The second-order valence-corrected chi connectivity index (χ2v) is 7.92. The Morgan fingerprint density at radius 2 is 2.07 bits per heavy atom. The summed E-state index contributed by atoms with van der Waals surface area (Å²) in [5, 5.41) is 8.17. The topological polar surface area (TPSA) is 72.7 Å². The van der Waals surface area contributed by atoms with Crippen molar-refractivity contribution in [3.8, 4) is 11.5 Å². The van der Waals surface area contributed by atoms with E-state index < -0.39 is 0 Å². The number of benzene rings is 1. The lowest BCUT2D eigenvalue weighted by atomic mass is 10.2. The molecule has 0 radical (unpaired) electrons. The maximum atomic E-state index is 12.5. The van der Waals surface area contributed by atoms with E-state index in [1.165, 1.54) is 5.56 Å². The van der Waals surface area contributed by atoms with E-state index in [1.54, 1.807) is 10.9 Å². The molecular formula is C18H23N5O3S. The molecule has 1 aromatic heterocycles. The maximum Gasteiger partial charge on any atom is 0.276 e. The van der Waals surface area contributed by atoms with Crippen LogP contribution in [0.5, 0.6) is 11.5 Å². The van der Waals surface area contributed by atoms with Gasteiger partial charge in [0.2, 0.25) is 6.79 Å². The molecular weight excluding hydrogens is 366 g/mol. The first-order chi connectivity index (χ1) is 13.2. The van der Waals surface area contributed by atoms with E-state index in [0.717, 1.165) is 49.2 Å². The zero-order chi connectivity index (χ0) is 18.6. The third kappa shape index (κ3) is 4.36. The summed E-state index contributed by atoms with van der Waals surface area (Å²) in [6.45, 7) is 4.13. The van der Waals surface area contributed by atoms with E-state index >= 15 is 0 Å². The highest BCUT2D eigenvalue weighted by molar-refractivity contribution is 7.99. The van der Waals surface area contributed by atoms with E-state index in [0.29, 0.717) is 12.2 Å². The summed E-state index contributed by atoms with van der Waals surface area (Å²) in [5.41, 5.74) is 1.60. The molecule has 0 spiro atoms. The first-order valence-electron chi connectivity index (χ1n) is 9.03. The van der Waals surface area contributed by atoms with Crippen molar-refractivity contribution in [1.82, 2.24) is 24.8 Å². The van der Waals surface area contributed by atoms with Gasteiger partial charge in [-0.3, -0.25) is 9.48 Å². The number of hydrogen-bond acceptors (Lipinski definition) is 7. The number of aromatic nitrogens is 3. The number of nitrogens with zero attached hydrogens (tertiary/aromatic N) is 5. The van der Waals surface area contributed by atoms with Crippen molar-refractivity contribution in [2.45, 2.75) is 13.1 Å². The highest BCUT2D eigenvalue weighted by Gasteiger charge is 2.21. The van der Waals surface area contributed by atoms with Crippen LogP contribution in [-0.2, 0) is 13.1 Å². The predicted octanol–water partition coefficient (Wildman–Crippen LogP) is 1.33. The maximum absolute atomic E-state index is 12.5. The minimum absolute atomic E-state index is 0.0183. The molecule has 0 N–H and O–H groups in total. The van der Waals surface area contributed by atoms with Gasteiger partial charge in [-0.2, -0.15) is 11.8 Å². The molecule has 2 aliphatic rings. The van der Waals surface area contributed by atoms with Gasteiger partial charge >= 0.3 is 0 Å². The summed E-state index contributed by atoms with van der Waals surface area (Å²) in [5.74, 6) is 3.56. The largest absolute Gasteiger partial charge is 0.454 e. The minimum atomic E-state index is -0.0183. The fourth-order valence-corrected chi connectivity index (χ4v) is 4.04. The average Bonchev–Trinajstić information content (AvgIpc) is 3.35. The van der Waals surface area contributed by atoms with Crippen LogP contribution < -0.4 is 9.47 Å². The average molecular weight is 389 g/mol. The molecule has 1 amide bonds. The number of carbonyl (C=O) groups is 1. The van der Waals surface area contributed by atoms with Crippen LogP contribution in [0.4, 0.5) is 0 Å². The number of thioether (sulfide) groups is 1. The van der Waals surface area contributed by atoms with E-state index in [2.05, 4.69) is 22.3 Å². The van der Waals surface area contributed by atoms with Crippen molar-refractivity contribution in [2.75, 3.05) is 45.0 Å². The molecule has 3 heterocycles. The molecule has 1 aromatic carbocycles. The number of rotatable bonds is 6. The molecule has 0 bridgehead atoms. The molecule has 2 aromatic rings. The van der Waals surface area contributed by atoms with Gasteiger partial charge in [0.25, 0.3) is 5.91 Å². The molecule has 9 heteroatoms. The fraction of sp³-hybridized carbons (Fsp3) is 0.500. The van der Waals surface area contributed by atoms with Gasteiger partial charge in [-0.15, -0.1) is 5.10 Å².